The molecule has 4 heterocycles. The molecule has 8 heteroatoms. The van der Waals surface area contributed by atoms with Gasteiger partial charge in [-0.1, -0.05) is 24.3 Å². The number of benzene rings is 2. The molecule has 4 aromatic rings. The van der Waals surface area contributed by atoms with Crippen LogP contribution in [-0.4, -0.2) is 32.8 Å². The number of fused-ring (bicyclic) bond motifs is 3. The third kappa shape index (κ3) is 3.13. The maximum absolute atomic E-state index is 13.5. The van der Waals surface area contributed by atoms with Gasteiger partial charge in [-0.2, -0.15) is 0 Å². The molecule has 6 rings (SSSR count). The zero-order chi connectivity index (χ0) is 23.3. The summed E-state index contributed by atoms with van der Waals surface area (Å²) in [4.78, 5) is 17.7. The fourth-order valence-corrected chi connectivity index (χ4v) is 5.27. The van der Waals surface area contributed by atoms with Gasteiger partial charge < -0.3 is 19.0 Å². The van der Waals surface area contributed by atoms with Gasteiger partial charge in [0.25, 0.3) is 0 Å². The van der Waals surface area contributed by atoms with E-state index in [1.54, 1.807) is 13.3 Å². The first-order chi connectivity index (χ1) is 16.6. The number of hydrogen-bond donors (Lipinski definition) is 1. The second kappa shape index (κ2) is 7.83. The summed E-state index contributed by atoms with van der Waals surface area (Å²) in [7, 11) is 1.63. The van der Waals surface area contributed by atoms with E-state index in [1.165, 1.54) is 0 Å². The van der Waals surface area contributed by atoms with Crippen molar-refractivity contribution in [1.82, 2.24) is 19.7 Å². The highest BCUT2D eigenvalue weighted by atomic mass is 16.5. The number of anilines is 1. The van der Waals surface area contributed by atoms with Gasteiger partial charge >= 0.3 is 0 Å². The zero-order valence-electron chi connectivity index (χ0n) is 19.2. The Balaban J connectivity index is 1.40. The van der Waals surface area contributed by atoms with Crippen LogP contribution in [0.3, 0.4) is 0 Å². The third-order valence-corrected chi connectivity index (χ3v) is 7.03. The number of oxazole rings is 1. The highest BCUT2D eigenvalue weighted by molar-refractivity contribution is 6.00. The molecule has 1 unspecified atom stereocenters. The molecule has 8 nitrogen and oxygen atoms in total. The van der Waals surface area contributed by atoms with Crippen molar-refractivity contribution in [1.29, 1.82) is 0 Å². The quantitative estimate of drug-likeness (QED) is 0.488. The highest BCUT2D eigenvalue weighted by Crippen LogP contribution is 2.43. The number of aryl methyl sites for hydroxylation is 2. The SMILES string of the molecule is COc1cc(-c2nnc3n2CCCC32CCc3ccccc3NC2=O)ccc1-c1cnc(C)o1. The number of nitrogens with one attached hydrogen (secondary N) is 1. The van der Waals surface area contributed by atoms with E-state index in [1.807, 2.05) is 43.3 Å². The number of carbonyl (C=O) groups is 1. The Labute approximate surface area is 197 Å². The molecule has 1 spiro atoms. The number of para-hydroxylation sites is 1. The summed E-state index contributed by atoms with van der Waals surface area (Å²) in [6.45, 7) is 2.58. The van der Waals surface area contributed by atoms with E-state index in [4.69, 9.17) is 9.15 Å². The lowest BCUT2D eigenvalue weighted by Gasteiger charge is -2.34. The van der Waals surface area contributed by atoms with E-state index in [0.717, 1.165) is 59.8 Å². The Bertz CT molecular complexity index is 1410. The first-order valence-corrected chi connectivity index (χ1v) is 11.5. The number of nitrogens with zero attached hydrogens (tertiary/aromatic N) is 4. The van der Waals surface area contributed by atoms with E-state index < -0.39 is 5.41 Å². The van der Waals surface area contributed by atoms with Crippen molar-refractivity contribution in [3.05, 3.63) is 65.9 Å². The van der Waals surface area contributed by atoms with Crippen LogP contribution in [0, 0.1) is 6.92 Å². The summed E-state index contributed by atoms with van der Waals surface area (Å²) < 4.78 is 13.5. The predicted octanol–water partition coefficient (Wildman–Crippen LogP) is 4.53. The van der Waals surface area contributed by atoms with Crippen molar-refractivity contribution >= 4 is 11.6 Å². The molecule has 2 aromatic heterocycles. The molecule has 1 N–H and O–H groups in total. The Hall–Kier alpha value is -3.94. The van der Waals surface area contributed by atoms with Crippen molar-refractivity contribution < 1.29 is 13.9 Å². The van der Waals surface area contributed by atoms with Gasteiger partial charge in [-0.25, -0.2) is 4.98 Å². The lowest BCUT2D eigenvalue weighted by atomic mass is 9.75. The molecule has 2 aliphatic rings. The second-order valence-corrected chi connectivity index (χ2v) is 8.95. The number of rotatable bonds is 3. The van der Waals surface area contributed by atoms with Crippen LogP contribution >= 0.6 is 0 Å². The molecule has 172 valence electrons. The first kappa shape index (κ1) is 20.7. The summed E-state index contributed by atoms with van der Waals surface area (Å²) >= 11 is 0. The standard InChI is InChI=1S/C26H25N5O3/c1-16-27-15-22(34-16)19-9-8-18(14-21(19)33-2)23-29-30-24-26(11-5-13-31(23)24)12-10-17-6-3-4-7-20(17)28-25(26)32/h3-4,6-9,14-15H,5,10-13H2,1-2H3,(H,28,32). The summed E-state index contributed by atoms with van der Waals surface area (Å²) in [6.07, 6.45) is 4.86. The van der Waals surface area contributed by atoms with Crippen molar-refractivity contribution in [3.8, 4) is 28.5 Å². The van der Waals surface area contributed by atoms with E-state index in [2.05, 4.69) is 31.1 Å². The summed E-state index contributed by atoms with van der Waals surface area (Å²) in [5.74, 6) is 3.40. The third-order valence-electron chi connectivity index (χ3n) is 7.03. The summed E-state index contributed by atoms with van der Waals surface area (Å²) in [5, 5.41) is 12.3. The predicted molar refractivity (Wildman–Crippen MR) is 127 cm³/mol. The highest BCUT2D eigenvalue weighted by Gasteiger charge is 2.47. The topological polar surface area (TPSA) is 95.1 Å². The molecule has 1 atom stereocenters. The van der Waals surface area contributed by atoms with Crippen LogP contribution in [-0.2, 0) is 23.2 Å². The van der Waals surface area contributed by atoms with Crippen LogP contribution in [0.1, 0.15) is 36.5 Å². The van der Waals surface area contributed by atoms with E-state index >= 15 is 0 Å². The van der Waals surface area contributed by atoms with E-state index in [9.17, 15) is 4.79 Å². The Morgan fingerprint density at radius 1 is 1.15 bits per heavy atom. The Kier molecular flexibility index (Phi) is 4.76. The maximum Gasteiger partial charge on any atom is 0.238 e. The fraction of sp³-hybridized carbons (Fsp3) is 0.308. The molecule has 0 saturated carbocycles. The minimum atomic E-state index is -0.691. The summed E-state index contributed by atoms with van der Waals surface area (Å²) in [5.41, 5.74) is 3.06. The minimum absolute atomic E-state index is 0.00553. The Morgan fingerprint density at radius 3 is 2.85 bits per heavy atom. The lowest BCUT2D eigenvalue weighted by molar-refractivity contribution is -0.122. The van der Waals surface area contributed by atoms with Crippen molar-refractivity contribution in [2.75, 3.05) is 12.4 Å². The lowest BCUT2D eigenvalue weighted by Crippen LogP contribution is -2.44. The van der Waals surface area contributed by atoms with Crippen LogP contribution in [0.4, 0.5) is 5.69 Å². The fourth-order valence-electron chi connectivity index (χ4n) is 5.27. The number of methoxy groups -OCH3 is 1. The largest absolute Gasteiger partial charge is 0.496 e. The Morgan fingerprint density at radius 2 is 2.03 bits per heavy atom. The zero-order valence-corrected chi connectivity index (χ0v) is 19.2. The van der Waals surface area contributed by atoms with Crippen molar-refractivity contribution in [2.24, 2.45) is 0 Å². The molecule has 0 radical (unpaired) electrons. The van der Waals surface area contributed by atoms with E-state index in [-0.39, 0.29) is 5.91 Å². The molecule has 0 aliphatic carbocycles. The number of ether oxygens (including phenoxy) is 1. The van der Waals surface area contributed by atoms with E-state index in [0.29, 0.717) is 23.8 Å². The number of aromatic nitrogens is 4. The van der Waals surface area contributed by atoms with Crippen LogP contribution < -0.4 is 10.1 Å². The van der Waals surface area contributed by atoms with Gasteiger partial charge in [-0.15, -0.1) is 10.2 Å². The molecule has 2 aromatic carbocycles. The maximum atomic E-state index is 13.5. The molecule has 0 bridgehead atoms. The molecule has 0 fully saturated rings. The van der Waals surface area contributed by atoms with Crippen molar-refractivity contribution in [3.63, 3.8) is 0 Å². The van der Waals surface area contributed by atoms with Crippen LogP contribution in [0.5, 0.6) is 5.75 Å². The first-order valence-electron chi connectivity index (χ1n) is 11.5. The molecule has 2 aliphatic heterocycles. The van der Waals surface area contributed by atoms with Gasteiger partial charge in [-0.3, -0.25) is 4.79 Å². The molecule has 34 heavy (non-hydrogen) atoms. The van der Waals surface area contributed by atoms with Gasteiger partial charge in [-0.05, 0) is 49.4 Å². The average Bonchev–Trinajstić information content (AvgIpc) is 3.46. The van der Waals surface area contributed by atoms with Crippen LogP contribution in [0.25, 0.3) is 22.7 Å². The number of amides is 1. The van der Waals surface area contributed by atoms with Crippen molar-refractivity contribution in [2.45, 2.75) is 44.6 Å². The smallest absolute Gasteiger partial charge is 0.238 e. The molecular weight excluding hydrogens is 430 g/mol. The second-order valence-electron chi connectivity index (χ2n) is 8.95. The molecule has 1 amide bonds. The van der Waals surface area contributed by atoms with Crippen LogP contribution in [0.2, 0.25) is 0 Å². The van der Waals surface area contributed by atoms with Gasteiger partial charge in [0.1, 0.15) is 17.0 Å². The van der Waals surface area contributed by atoms with Gasteiger partial charge in [0.2, 0.25) is 5.91 Å². The molecular formula is C26H25N5O3. The normalized spacial score (nSPS) is 19.3. The average molecular weight is 456 g/mol. The number of hydrogen-bond acceptors (Lipinski definition) is 6. The van der Waals surface area contributed by atoms with Gasteiger partial charge in [0, 0.05) is 24.7 Å². The minimum Gasteiger partial charge on any atom is -0.496 e. The summed E-state index contributed by atoms with van der Waals surface area (Å²) in [6, 6.07) is 13.9. The van der Waals surface area contributed by atoms with Gasteiger partial charge in [0.05, 0.1) is 18.9 Å². The van der Waals surface area contributed by atoms with Crippen LogP contribution in [0.15, 0.2) is 53.1 Å². The molecule has 0 saturated heterocycles. The van der Waals surface area contributed by atoms with Gasteiger partial charge in [0.15, 0.2) is 17.5 Å². The number of carbonyl (C=O) groups excluding carboxylic acids is 1. The monoisotopic (exact) mass is 455 g/mol.